The van der Waals surface area contributed by atoms with E-state index in [1.807, 2.05) is 16.8 Å². The minimum atomic E-state index is -2.96. The van der Waals surface area contributed by atoms with Crippen LogP contribution in [-0.4, -0.2) is 32.2 Å². The number of alkyl halides is 2. The van der Waals surface area contributed by atoms with Crippen LogP contribution in [-0.2, 0) is 20.9 Å². The average molecular weight is 397 g/mol. The highest BCUT2D eigenvalue weighted by molar-refractivity contribution is 7.08. The molecular weight excluding hydrogens is 380 g/mol. The number of nitrogens with one attached hydrogen (secondary N) is 1. The number of ether oxygens (including phenoxy) is 3. The molecule has 0 saturated carbocycles. The molecule has 0 saturated heterocycles. The molecule has 0 atom stereocenters. The first-order valence-corrected chi connectivity index (χ1v) is 8.67. The summed E-state index contributed by atoms with van der Waals surface area (Å²) in [6.07, 6.45) is 2.83. The fourth-order valence-electron chi connectivity index (χ4n) is 1.99. The first kappa shape index (κ1) is 20.4. The third-order valence-corrected chi connectivity index (χ3v) is 3.94. The van der Waals surface area contributed by atoms with E-state index in [1.165, 1.54) is 42.7 Å². The summed E-state index contributed by atoms with van der Waals surface area (Å²) in [6.45, 7) is -3.30. The lowest BCUT2D eigenvalue weighted by atomic mass is 10.2. The topological polar surface area (TPSA) is 73.9 Å². The molecule has 1 N–H and O–H groups in total. The molecule has 0 aliphatic rings. The number of amides is 1. The molecule has 0 bridgehead atoms. The zero-order valence-electron chi connectivity index (χ0n) is 14.3. The molecule has 2 rings (SSSR count). The van der Waals surface area contributed by atoms with Crippen LogP contribution in [0, 0.1) is 0 Å². The van der Waals surface area contributed by atoms with Gasteiger partial charge >= 0.3 is 12.6 Å². The van der Waals surface area contributed by atoms with Crippen LogP contribution in [0.15, 0.2) is 41.1 Å². The molecule has 0 aliphatic heterocycles. The summed E-state index contributed by atoms with van der Waals surface area (Å²) >= 11 is 1.50. The van der Waals surface area contributed by atoms with E-state index in [0.717, 1.165) is 5.56 Å². The van der Waals surface area contributed by atoms with Crippen molar-refractivity contribution in [3.05, 3.63) is 52.2 Å². The van der Waals surface area contributed by atoms with Gasteiger partial charge in [-0.2, -0.15) is 20.1 Å². The molecule has 6 nitrogen and oxygen atoms in total. The van der Waals surface area contributed by atoms with Gasteiger partial charge in [0, 0.05) is 12.6 Å². The SMILES string of the molecule is COc1cc(CNC(=O)COC(=O)/C=C/c2ccsc2)ccc1OC(F)F. The van der Waals surface area contributed by atoms with Crippen molar-refractivity contribution in [2.75, 3.05) is 13.7 Å². The van der Waals surface area contributed by atoms with E-state index >= 15 is 0 Å². The van der Waals surface area contributed by atoms with E-state index in [4.69, 9.17) is 9.47 Å². The summed E-state index contributed by atoms with van der Waals surface area (Å²) in [5, 5.41) is 6.29. The molecular formula is C18H17F2NO5S. The van der Waals surface area contributed by atoms with Gasteiger partial charge in [-0.05, 0) is 46.2 Å². The molecule has 1 aromatic carbocycles. The molecule has 0 radical (unpaired) electrons. The van der Waals surface area contributed by atoms with E-state index in [2.05, 4.69) is 10.1 Å². The Kier molecular flexibility index (Phi) is 7.75. The van der Waals surface area contributed by atoms with E-state index in [1.54, 1.807) is 6.08 Å². The minimum Gasteiger partial charge on any atom is -0.493 e. The second kappa shape index (κ2) is 10.3. The fraction of sp³-hybridized carbons (Fsp3) is 0.222. The second-order valence-corrected chi connectivity index (χ2v) is 5.92. The summed E-state index contributed by atoms with van der Waals surface area (Å²) in [5.74, 6) is -1.12. The van der Waals surface area contributed by atoms with E-state index in [9.17, 15) is 18.4 Å². The number of methoxy groups -OCH3 is 1. The summed E-state index contributed by atoms with van der Waals surface area (Å²) < 4.78 is 38.7. The quantitative estimate of drug-likeness (QED) is 0.520. The predicted octanol–water partition coefficient (Wildman–Crippen LogP) is 3.23. The monoisotopic (exact) mass is 397 g/mol. The lowest BCUT2D eigenvalue weighted by Gasteiger charge is -2.12. The Morgan fingerprint density at radius 1 is 1.26 bits per heavy atom. The minimum absolute atomic E-state index is 0.103. The highest BCUT2D eigenvalue weighted by Crippen LogP contribution is 2.29. The van der Waals surface area contributed by atoms with Crippen molar-refractivity contribution in [1.29, 1.82) is 0 Å². The van der Waals surface area contributed by atoms with Gasteiger partial charge in [-0.1, -0.05) is 6.07 Å². The number of rotatable bonds is 9. The highest BCUT2D eigenvalue weighted by atomic mass is 32.1. The molecule has 27 heavy (non-hydrogen) atoms. The average Bonchev–Trinajstić information content (AvgIpc) is 3.17. The Morgan fingerprint density at radius 2 is 2.07 bits per heavy atom. The number of carbonyl (C=O) groups is 2. The fourth-order valence-corrected chi connectivity index (χ4v) is 2.61. The number of hydrogen-bond donors (Lipinski definition) is 1. The highest BCUT2D eigenvalue weighted by Gasteiger charge is 2.12. The van der Waals surface area contributed by atoms with Gasteiger partial charge < -0.3 is 19.5 Å². The molecule has 0 unspecified atom stereocenters. The predicted molar refractivity (Wildman–Crippen MR) is 95.8 cm³/mol. The van der Waals surface area contributed by atoms with E-state index in [-0.39, 0.29) is 18.0 Å². The zero-order chi connectivity index (χ0) is 19.6. The first-order chi connectivity index (χ1) is 13.0. The van der Waals surface area contributed by atoms with Gasteiger partial charge in [0.25, 0.3) is 5.91 Å². The number of hydrogen-bond acceptors (Lipinski definition) is 6. The van der Waals surface area contributed by atoms with Crippen molar-refractivity contribution in [1.82, 2.24) is 5.32 Å². The van der Waals surface area contributed by atoms with Crippen LogP contribution in [0.25, 0.3) is 6.08 Å². The third-order valence-electron chi connectivity index (χ3n) is 3.23. The summed E-state index contributed by atoms with van der Waals surface area (Å²) in [4.78, 5) is 23.3. The van der Waals surface area contributed by atoms with Gasteiger partial charge in [-0.25, -0.2) is 4.79 Å². The van der Waals surface area contributed by atoms with Crippen LogP contribution in [0.1, 0.15) is 11.1 Å². The van der Waals surface area contributed by atoms with Gasteiger partial charge in [0.1, 0.15) is 0 Å². The standard InChI is InChI=1S/C18H17F2NO5S/c1-24-15-8-13(2-4-14(15)26-18(19)20)9-21-16(22)10-25-17(23)5-3-12-6-7-27-11-12/h2-8,11,18H,9-10H2,1H3,(H,21,22)/b5-3+. The van der Waals surface area contributed by atoms with Gasteiger partial charge in [0.2, 0.25) is 0 Å². The summed E-state index contributed by atoms with van der Waals surface area (Å²) in [7, 11) is 1.32. The number of carbonyl (C=O) groups excluding carboxylic acids is 2. The Labute approximate surface area is 158 Å². The normalized spacial score (nSPS) is 10.8. The van der Waals surface area contributed by atoms with Gasteiger partial charge in [-0.3, -0.25) is 4.79 Å². The van der Waals surface area contributed by atoms with Crippen LogP contribution in [0.2, 0.25) is 0 Å². The number of benzene rings is 1. The second-order valence-electron chi connectivity index (χ2n) is 5.14. The Bertz CT molecular complexity index is 793. The smallest absolute Gasteiger partial charge is 0.387 e. The molecule has 2 aromatic rings. The van der Waals surface area contributed by atoms with E-state index in [0.29, 0.717) is 5.56 Å². The van der Waals surface area contributed by atoms with Gasteiger partial charge in [0.05, 0.1) is 7.11 Å². The maximum absolute atomic E-state index is 12.3. The lowest BCUT2D eigenvalue weighted by molar-refractivity contribution is -0.143. The number of esters is 1. The lowest BCUT2D eigenvalue weighted by Crippen LogP contribution is -2.28. The van der Waals surface area contributed by atoms with Crippen LogP contribution < -0.4 is 14.8 Å². The third kappa shape index (κ3) is 7.06. The summed E-state index contributed by atoms with van der Waals surface area (Å²) in [5.41, 5.74) is 1.47. The van der Waals surface area contributed by atoms with Crippen LogP contribution in [0.5, 0.6) is 11.5 Å². The van der Waals surface area contributed by atoms with Crippen molar-refractivity contribution in [3.8, 4) is 11.5 Å². The van der Waals surface area contributed by atoms with Crippen LogP contribution in [0.3, 0.4) is 0 Å². The largest absolute Gasteiger partial charge is 0.493 e. The van der Waals surface area contributed by atoms with Crippen LogP contribution >= 0.6 is 11.3 Å². The molecule has 1 amide bonds. The van der Waals surface area contributed by atoms with Crippen molar-refractivity contribution < 1.29 is 32.6 Å². The number of halogens is 2. The van der Waals surface area contributed by atoms with Crippen molar-refractivity contribution >= 4 is 29.3 Å². The molecule has 1 heterocycles. The summed E-state index contributed by atoms with van der Waals surface area (Å²) in [6, 6.07) is 6.14. The molecule has 0 spiro atoms. The van der Waals surface area contributed by atoms with Gasteiger partial charge in [-0.15, -0.1) is 0 Å². The maximum Gasteiger partial charge on any atom is 0.387 e. The molecule has 0 aliphatic carbocycles. The van der Waals surface area contributed by atoms with E-state index < -0.39 is 25.1 Å². The molecule has 0 fully saturated rings. The van der Waals surface area contributed by atoms with Crippen molar-refractivity contribution in [3.63, 3.8) is 0 Å². The Balaban J connectivity index is 1.78. The first-order valence-electron chi connectivity index (χ1n) is 7.73. The van der Waals surface area contributed by atoms with Crippen molar-refractivity contribution in [2.24, 2.45) is 0 Å². The van der Waals surface area contributed by atoms with Gasteiger partial charge in [0.15, 0.2) is 18.1 Å². The maximum atomic E-state index is 12.3. The Hall–Kier alpha value is -2.94. The Morgan fingerprint density at radius 3 is 2.74 bits per heavy atom. The molecule has 1 aromatic heterocycles. The van der Waals surface area contributed by atoms with Crippen molar-refractivity contribution in [2.45, 2.75) is 13.2 Å². The molecule has 144 valence electrons. The number of thiophene rings is 1. The van der Waals surface area contributed by atoms with Crippen LogP contribution in [0.4, 0.5) is 8.78 Å². The molecule has 9 heteroatoms. The zero-order valence-corrected chi connectivity index (χ0v) is 15.1.